The number of carbonyl (C=O) groups is 1. The van der Waals surface area contributed by atoms with Gasteiger partial charge < -0.3 is 20.6 Å². The van der Waals surface area contributed by atoms with E-state index in [1.165, 1.54) is 12.1 Å². The molecule has 24 heavy (non-hydrogen) atoms. The van der Waals surface area contributed by atoms with Crippen molar-refractivity contribution in [2.75, 3.05) is 24.5 Å². The fourth-order valence-corrected chi connectivity index (χ4v) is 3.39. The van der Waals surface area contributed by atoms with Gasteiger partial charge in [0.2, 0.25) is 0 Å². The van der Waals surface area contributed by atoms with E-state index < -0.39 is 5.60 Å². The second-order valence-electron chi connectivity index (χ2n) is 6.86. The topological polar surface area (TPSA) is 64.6 Å². The standard InChI is InChI=1S/C19H27N3O2/c23-18(21-15-19(24)10-2-1-3-11-19)20-14-16-6-8-17(9-7-16)22-12-4-5-13-22/h4-9,24H,1-3,10-15H2,(H2,20,21,23). The second kappa shape index (κ2) is 7.71. The van der Waals surface area contributed by atoms with Crippen molar-refractivity contribution in [3.8, 4) is 0 Å². The van der Waals surface area contributed by atoms with Crippen LogP contribution in [0.25, 0.3) is 0 Å². The fraction of sp³-hybridized carbons (Fsp3) is 0.526. The highest BCUT2D eigenvalue weighted by Crippen LogP contribution is 2.27. The molecule has 5 heteroatoms. The van der Waals surface area contributed by atoms with Crippen LogP contribution >= 0.6 is 0 Å². The molecular formula is C19H27N3O2. The number of carbonyl (C=O) groups excluding carboxylic acids is 1. The number of nitrogens with one attached hydrogen (secondary N) is 2. The van der Waals surface area contributed by atoms with E-state index in [9.17, 15) is 9.90 Å². The average molecular weight is 329 g/mol. The summed E-state index contributed by atoms with van der Waals surface area (Å²) < 4.78 is 0. The minimum absolute atomic E-state index is 0.221. The van der Waals surface area contributed by atoms with Crippen LogP contribution in [-0.4, -0.2) is 36.4 Å². The Kier molecular flexibility index (Phi) is 5.41. The number of nitrogens with zero attached hydrogens (tertiary/aromatic N) is 1. The van der Waals surface area contributed by atoms with Gasteiger partial charge >= 0.3 is 6.03 Å². The van der Waals surface area contributed by atoms with E-state index in [0.717, 1.165) is 44.3 Å². The van der Waals surface area contributed by atoms with Crippen LogP contribution in [0.2, 0.25) is 0 Å². The van der Waals surface area contributed by atoms with Crippen LogP contribution in [-0.2, 0) is 6.54 Å². The van der Waals surface area contributed by atoms with Crippen molar-refractivity contribution < 1.29 is 9.90 Å². The van der Waals surface area contributed by atoms with Crippen LogP contribution in [0.4, 0.5) is 10.5 Å². The van der Waals surface area contributed by atoms with E-state index in [2.05, 4.69) is 39.8 Å². The molecule has 0 unspecified atom stereocenters. The highest BCUT2D eigenvalue weighted by atomic mass is 16.3. The molecule has 2 aliphatic rings. The van der Waals surface area contributed by atoms with Crippen molar-refractivity contribution in [1.29, 1.82) is 0 Å². The molecule has 0 aromatic heterocycles. The molecule has 0 atom stereocenters. The molecule has 1 aromatic carbocycles. The van der Waals surface area contributed by atoms with E-state index in [1.54, 1.807) is 0 Å². The third-order valence-corrected chi connectivity index (χ3v) is 4.94. The third-order valence-electron chi connectivity index (χ3n) is 4.94. The number of aliphatic hydroxyl groups is 1. The van der Waals surface area contributed by atoms with Crippen LogP contribution in [0.15, 0.2) is 36.4 Å². The van der Waals surface area contributed by atoms with Crippen molar-refractivity contribution in [1.82, 2.24) is 10.6 Å². The third kappa shape index (κ3) is 4.51. The molecule has 1 heterocycles. The van der Waals surface area contributed by atoms with Crippen molar-refractivity contribution in [3.05, 3.63) is 42.0 Å². The van der Waals surface area contributed by atoms with Gasteiger partial charge in [0.15, 0.2) is 0 Å². The van der Waals surface area contributed by atoms with Crippen molar-refractivity contribution >= 4 is 11.7 Å². The lowest BCUT2D eigenvalue weighted by molar-refractivity contribution is 0.00719. The van der Waals surface area contributed by atoms with E-state index in [1.807, 2.05) is 12.1 Å². The van der Waals surface area contributed by atoms with Gasteiger partial charge in [0.1, 0.15) is 0 Å². The molecule has 0 bridgehead atoms. The lowest BCUT2D eigenvalue weighted by Gasteiger charge is -2.32. The van der Waals surface area contributed by atoms with Gasteiger partial charge in [-0.3, -0.25) is 0 Å². The largest absolute Gasteiger partial charge is 0.388 e. The molecule has 5 nitrogen and oxygen atoms in total. The van der Waals surface area contributed by atoms with Gasteiger partial charge in [-0.15, -0.1) is 0 Å². The van der Waals surface area contributed by atoms with Crippen molar-refractivity contribution in [2.24, 2.45) is 0 Å². The SMILES string of the molecule is O=C(NCc1ccc(N2CC=CC2)cc1)NCC1(O)CCCCC1. The number of rotatable bonds is 5. The van der Waals surface area contributed by atoms with Gasteiger partial charge in [-0.1, -0.05) is 43.5 Å². The Bertz CT molecular complexity index is 569. The van der Waals surface area contributed by atoms with Crippen molar-refractivity contribution in [2.45, 2.75) is 44.2 Å². The molecule has 3 N–H and O–H groups in total. The molecule has 0 saturated heterocycles. The Morgan fingerprint density at radius 3 is 2.38 bits per heavy atom. The molecular weight excluding hydrogens is 302 g/mol. The first-order valence-corrected chi connectivity index (χ1v) is 8.88. The number of hydrogen-bond acceptors (Lipinski definition) is 3. The monoisotopic (exact) mass is 329 g/mol. The first-order chi connectivity index (χ1) is 11.6. The van der Waals surface area contributed by atoms with Crippen LogP contribution in [0.1, 0.15) is 37.7 Å². The molecule has 0 radical (unpaired) electrons. The predicted octanol–water partition coefficient (Wildman–Crippen LogP) is 2.56. The Morgan fingerprint density at radius 2 is 1.71 bits per heavy atom. The molecule has 1 aromatic rings. The summed E-state index contributed by atoms with van der Waals surface area (Å²) in [4.78, 5) is 14.2. The van der Waals surface area contributed by atoms with Gasteiger partial charge in [0.05, 0.1) is 5.60 Å². The Labute approximate surface area is 143 Å². The first-order valence-electron chi connectivity index (χ1n) is 8.88. The van der Waals surface area contributed by atoms with Gasteiger partial charge in [-0.25, -0.2) is 4.79 Å². The van der Waals surface area contributed by atoms with Crippen LogP contribution < -0.4 is 15.5 Å². The lowest BCUT2D eigenvalue weighted by Crippen LogP contribution is -2.47. The average Bonchev–Trinajstić information content (AvgIpc) is 3.14. The number of hydrogen-bond donors (Lipinski definition) is 3. The van der Waals surface area contributed by atoms with Crippen LogP contribution in [0, 0.1) is 0 Å². The molecule has 1 fully saturated rings. The number of benzene rings is 1. The summed E-state index contributed by atoms with van der Waals surface area (Å²) in [6, 6.07) is 8.05. The molecule has 130 valence electrons. The predicted molar refractivity (Wildman–Crippen MR) is 96.1 cm³/mol. The number of amides is 2. The highest BCUT2D eigenvalue weighted by molar-refractivity contribution is 5.73. The normalized spacial score (nSPS) is 19.3. The smallest absolute Gasteiger partial charge is 0.315 e. The lowest BCUT2D eigenvalue weighted by atomic mass is 9.85. The Hall–Kier alpha value is -2.01. The molecule has 1 saturated carbocycles. The van der Waals surface area contributed by atoms with Crippen molar-refractivity contribution in [3.63, 3.8) is 0 Å². The summed E-state index contributed by atoms with van der Waals surface area (Å²) in [5.41, 5.74) is 1.55. The first kappa shape index (κ1) is 16.8. The minimum atomic E-state index is -0.721. The Balaban J connectivity index is 1.41. The van der Waals surface area contributed by atoms with E-state index in [4.69, 9.17) is 0 Å². The van der Waals surface area contributed by atoms with E-state index in [-0.39, 0.29) is 6.03 Å². The van der Waals surface area contributed by atoms with Gasteiger partial charge in [-0.05, 0) is 30.5 Å². The maximum Gasteiger partial charge on any atom is 0.315 e. The zero-order chi connectivity index (χ0) is 16.8. The zero-order valence-corrected chi connectivity index (χ0v) is 14.1. The maximum absolute atomic E-state index is 11.9. The van der Waals surface area contributed by atoms with Gasteiger partial charge in [0.25, 0.3) is 0 Å². The summed E-state index contributed by atoms with van der Waals surface area (Å²) in [6.45, 7) is 2.74. The molecule has 1 aliphatic heterocycles. The van der Waals surface area contributed by atoms with Gasteiger partial charge in [0, 0.05) is 31.9 Å². The van der Waals surface area contributed by atoms with E-state index >= 15 is 0 Å². The fourth-order valence-electron chi connectivity index (χ4n) is 3.39. The Morgan fingerprint density at radius 1 is 1.04 bits per heavy atom. The second-order valence-corrected chi connectivity index (χ2v) is 6.86. The highest BCUT2D eigenvalue weighted by Gasteiger charge is 2.29. The quantitative estimate of drug-likeness (QED) is 0.728. The van der Waals surface area contributed by atoms with Gasteiger partial charge in [-0.2, -0.15) is 0 Å². The molecule has 1 aliphatic carbocycles. The van der Waals surface area contributed by atoms with Crippen LogP contribution in [0.5, 0.6) is 0 Å². The summed E-state index contributed by atoms with van der Waals surface area (Å²) in [5, 5.41) is 16.0. The van der Waals surface area contributed by atoms with Crippen LogP contribution in [0.3, 0.4) is 0 Å². The number of anilines is 1. The van der Waals surface area contributed by atoms with E-state index in [0.29, 0.717) is 13.1 Å². The summed E-state index contributed by atoms with van der Waals surface area (Å²) >= 11 is 0. The maximum atomic E-state index is 11.9. The summed E-state index contributed by atoms with van der Waals surface area (Å²) in [5.74, 6) is 0. The minimum Gasteiger partial charge on any atom is -0.388 e. The summed E-state index contributed by atoms with van der Waals surface area (Å²) in [6.07, 6.45) is 9.15. The molecule has 2 amide bonds. The molecule has 3 rings (SSSR count). The zero-order valence-electron chi connectivity index (χ0n) is 14.1. The number of urea groups is 1. The molecule has 0 spiro atoms. The summed E-state index contributed by atoms with van der Waals surface area (Å²) in [7, 11) is 0.